The normalized spacial score (nSPS) is 12.3. The molecule has 0 bridgehead atoms. The van der Waals surface area contributed by atoms with Crippen molar-refractivity contribution in [1.82, 2.24) is 13.5 Å². The van der Waals surface area contributed by atoms with Crippen molar-refractivity contribution >= 4 is 64.9 Å². The Hall–Kier alpha value is -4.28. The Bertz CT molecular complexity index is 1980. The number of rotatable bonds is 21. The van der Waals surface area contributed by atoms with Crippen LogP contribution in [0.15, 0.2) is 82.6 Å². The number of benzene rings is 4. The molecule has 2 N–H and O–H groups in total. The molecule has 0 aromatic heterocycles. The molecule has 0 unspecified atom stereocenters. The van der Waals surface area contributed by atoms with Gasteiger partial charge in [-0.25, -0.2) is 16.8 Å². The molecule has 0 saturated heterocycles. The van der Waals surface area contributed by atoms with Gasteiger partial charge in [0.25, 0.3) is 0 Å². The smallest absolute Gasteiger partial charge is 0.318 e. The lowest BCUT2D eigenvalue weighted by molar-refractivity contribution is -0.138. The summed E-state index contributed by atoms with van der Waals surface area (Å²) in [5.41, 5.74) is 1.67. The van der Waals surface area contributed by atoms with Crippen molar-refractivity contribution in [2.45, 2.75) is 42.4 Å². The van der Waals surface area contributed by atoms with Crippen LogP contribution < -0.4 is 9.80 Å². The van der Waals surface area contributed by atoms with Crippen LogP contribution in [0.1, 0.15) is 32.6 Å². The van der Waals surface area contributed by atoms with Gasteiger partial charge in [-0.2, -0.15) is 8.61 Å². The third kappa shape index (κ3) is 10.0. The van der Waals surface area contributed by atoms with Gasteiger partial charge in [-0.1, -0.05) is 61.9 Å². The molecule has 0 atom stereocenters. The van der Waals surface area contributed by atoms with Gasteiger partial charge in [-0.15, -0.1) is 0 Å². The molecule has 0 radical (unpaired) electrons. The molecule has 0 spiro atoms. The highest BCUT2D eigenvalue weighted by Gasteiger charge is 2.30. The molecular formula is C38H51N5O8S2. The minimum atomic E-state index is -4.20. The summed E-state index contributed by atoms with van der Waals surface area (Å²) in [6, 6.07) is 20.7. The lowest BCUT2D eigenvalue weighted by atomic mass is 10.1. The Morgan fingerprint density at radius 2 is 0.887 bits per heavy atom. The standard InChI is InChI=1S/C38H51N5O8S2/c1-6-7-22-41(23-12-25-42(27-37(44)45)52(48,49)35-20-10-14-29-31(35)16-8-18-33(29)39(2)3)24-13-26-43(28-38(46)47)53(50,51)36-21-11-15-30-32(36)17-9-19-34(30)40(4)5/h8-11,14-21H,6-7,12-13,22-28H2,1-5H3,(H,44,45)(H,46,47). The van der Waals surface area contributed by atoms with Crippen molar-refractivity contribution in [3.63, 3.8) is 0 Å². The van der Waals surface area contributed by atoms with Crippen molar-refractivity contribution < 1.29 is 36.6 Å². The fourth-order valence-corrected chi connectivity index (χ4v) is 9.83. The van der Waals surface area contributed by atoms with E-state index < -0.39 is 45.1 Å². The number of fused-ring (bicyclic) bond motifs is 2. The molecule has 288 valence electrons. The number of hydrogen-bond acceptors (Lipinski definition) is 9. The molecule has 0 heterocycles. The summed E-state index contributed by atoms with van der Waals surface area (Å²) >= 11 is 0. The predicted octanol–water partition coefficient (Wildman–Crippen LogP) is 4.86. The molecule has 0 amide bonds. The van der Waals surface area contributed by atoms with Crippen LogP contribution >= 0.6 is 0 Å². The van der Waals surface area contributed by atoms with E-state index in [2.05, 4.69) is 4.90 Å². The highest BCUT2D eigenvalue weighted by molar-refractivity contribution is 7.89. The van der Waals surface area contributed by atoms with E-state index in [1.54, 1.807) is 36.4 Å². The van der Waals surface area contributed by atoms with Crippen LogP contribution in [0.2, 0.25) is 0 Å². The van der Waals surface area contributed by atoms with Gasteiger partial charge in [0, 0.05) is 74.2 Å². The van der Waals surface area contributed by atoms with Crippen molar-refractivity contribution in [3.05, 3.63) is 72.8 Å². The molecule has 15 heteroatoms. The fourth-order valence-electron chi connectivity index (χ4n) is 6.57. The molecule has 4 rings (SSSR count). The zero-order valence-corrected chi connectivity index (χ0v) is 32.7. The Morgan fingerprint density at radius 3 is 1.25 bits per heavy atom. The molecule has 53 heavy (non-hydrogen) atoms. The number of unbranched alkanes of at least 4 members (excludes halogenated alkanes) is 1. The summed E-state index contributed by atoms with van der Waals surface area (Å²) in [7, 11) is -0.938. The second-order valence-corrected chi connectivity index (χ2v) is 17.2. The molecule has 0 fully saturated rings. The maximum Gasteiger partial charge on any atom is 0.318 e. The summed E-state index contributed by atoms with van der Waals surface area (Å²) in [4.78, 5) is 29.7. The molecule has 0 aliphatic carbocycles. The Labute approximate surface area is 313 Å². The van der Waals surface area contributed by atoms with Crippen LogP contribution in [-0.4, -0.2) is 127 Å². The Balaban J connectivity index is 1.51. The first kappa shape index (κ1) is 41.5. The molecule has 4 aromatic carbocycles. The summed E-state index contributed by atoms with van der Waals surface area (Å²) in [5, 5.41) is 21.9. The van der Waals surface area contributed by atoms with Crippen LogP contribution in [0.4, 0.5) is 11.4 Å². The molecule has 0 aliphatic heterocycles. The first-order valence-corrected chi connectivity index (χ1v) is 20.5. The van der Waals surface area contributed by atoms with E-state index in [0.717, 1.165) is 43.6 Å². The number of hydrogen-bond donors (Lipinski definition) is 2. The largest absolute Gasteiger partial charge is 0.480 e. The van der Waals surface area contributed by atoms with E-state index >= 15 is 0 Å². The summed E-state index contributed by atoms with van der Waals surface area (Å²) < 4.78 is 58.0. The van der Waals surface area contributed by atoms with Crippen LogP contribution in [0.5, 0.6) is 0 Å². The first-order chi connectivity index (χ1) is 25.1. The number of aliphatic carboxylic acids is 2. The summed E-state index contributed by atoms with van der Waals surface area (Å²) in [5.74, 6) is -2.54. The minimum Gasteiger partial charge on any atom is -0.480 e. The SMILES string of the molecule is CCCCN(CCCN(CC(=O)O)S(=O)(=O)c1cccc2c(N(C)C)cccc12)CCCN(CC(=O)O)S(=O)(=O)c1cccc2c(N(C)C)cccc12. The minimum absolute atomic E-state index is 0.0339. The van der Waals surface area contributed by atoms with Crippen molar-refractivity contribution in [1.29, 1.82) is 0 Å². The fraction of sp³-hybridized carbons (Fsp3) is 0.421. The van der Waals surface area contributed by atoms with Gasteiger partial charge in [-0.3, -0.25) is 9.59 Å². The molecular weight excluding hydrogens is 719 g/mol. The van der Waals surface area contributed by atoms with E-state index in [4.69, 9.17) is 0 Å². The molecule has 13 nitrogen and oxygen atoms in total. The Morgan fingerprint density at radius 1 is 0.528 bits per heavy atom. The van der Waals surface area contributed by atoms with Gasteiger partial charge < -0.3 is 24.9 Å². The highest BCUT2D eigenvalue weighted by atomic mass is 32.2. The number of carbonyl (C=O) groups is 2. The third-order valence-electron chi connectivity index (χ3n) is 9.13. The lowest BCUT2D eigenvalue weighted by Gasteiger charge is -2.27. The molecule has 0 saturated carbocycles. The van der Waals surface area contributed by atoms with Crippen LogP contribution in [0, 0.1) is 0 Å². The molecule has 4 aromatic rings. The quantitative estimate of drug-likeness (QED) is 0.119. The summed E-state index contributed by atoms with van der Waals surface area (Å²) in [6.45, 7) is 2.05. The lowest BCUT2D eigenvalue weighted by Crippen LogP contribution is -2.39. The second kappa shape index (κ2) is 18.2. The highest BCUT2D eigenvalue weighted by Crippen LogP contribution is 2.33. The number of nitrogens with zero attached hydrogens (tertiary/aromatic N) is 5. The number of carboxylic acids is 2. The van der Waals surface area contributed by atoms with Gasteiger partial charge in [-0.05, 0) is 63.2 Å². The zero-order valence-electron chi connectivity index (χ0n) is 31.1. The topological polar surface area (TPSA) is 159 Å². The molecule has 0 aliphatic rings. The Kier molecular flexibility index (Phi) is 14.2. The average Bonchev–Trinajstić information content (AvgIpc) is 3.11. The van der Waals surface area contributed by atoms with E-state index in [0.29, 0.717) is 43.2 Å². The van der Waals surface area contributed by atoms with E-state index in [1.165, 1.54) is 12.1 Å². The van der Waals surface area contributed by atoms with Gasteiger partial charge >= 0.3 is 11.9 Å². The number of carboxylic acid groups (broad SMARTS) is 2. The van der Waals surface area contributed by atoms with Crippen LogP contribution in [0.3, 0.4) is 0 Å². The van der Waals surface area contributed by atoms with E-state index in [1.807, 2.05) is 69.2 Å². The third-order valence-corrected chi connectivity index (χ3v) is 12.9. The van der Waals surface area contributed by atoms with Crippen LogP contribution in [0.25, 0.3) is 21.5 Å². The monoisotopic (exact) mass is 769 g/mol. The maximum absolute atomic E-state index is 14.0. The average molecular weight is 770 g/mol. The van der Waals surface area contributed by atoms with Crippen molar-refractivity contribution in [2.75, 3.05) is 83.8 Å². The van der Waals surface area contributed by atoms with Gasteiger partial charge in [0.05, 0.1) is 9.79 Å². The van der Waals surface area contributed by atoms with Gasteiger partial charge in [0.1, 0.15) is 13.1 Å². The van der Waals surface area contributed by atoms with Gasteiger partial charge in [0.15, 0.2) is 0 Å². The first-order valence-electron chi connectivity index (χ1n) is 17.6. The second-order valence-electron chi connectivity index (χ2n) is 13.4. The van der Waals surface area contributed by atoms with E-state index in [-0.39, 0.29) is 22.9 Å². The maximum atomic E-state index is 14.0. The zero-order chi connectivity index (χ0) is 38.9. The van der Waals surface area contributed by atoms with E-state index in [9.17, 15) is 36.6 Å². The van der Waals surface area contributed by atoms with Crippen molar-refractivity contribution in [2.24, 2.45) is 0 Å². The predicted molar refractivity (Wildman–Crippen MR) is 210 cm³/mol. The van der Waals surface area contributed by atoms with Crippen molar-refractivity contribution in [3.8, 4) is 0 Å². The van der Waals surface area contributed by atoms with Crippen LogP contribution in [-0.2, 0) is 29.6 Å². The number of sulfonamides is 2. The summed E-state index contributed by atoms with van der Waals surface area (Å²) in [6.07, 6.45) is 2.38. The van der Waals surface area contributed by atoms with Gasteiger partial charge in [0.2, 0.25) is 20.0 Å². The number of anilines is 2.